The number of rotatable bonds is 4. The van der Waals surface area contributed by atoms with Crippen LogP contribution in [0.1, 0.15) is 5.56 Å². The predicted octanol–water partition coefficient (Wildman–Crippen LogP) is 2.97. The number of hydrogen-bond acceptors (Lipinski definition) is 5. The molecule has 3 rings (SSSR count). The molecule has 5 nitrogen and oxygen atoms in total. The van der Waals surface area contributed by atoms with Crippen molar-refractivity contribution in [2.24, 2.45) is 0 Å². The lowest BCUT2D eigenvalue weighted by Gasteiger charge is -2.12. The summed E-state index contributed by atoms with van der Waals surface area (Å²) in [5.41, 5.74) is 1.37. The van der Waals surface area contributed by atoms with Gasteiger partial charge in [-0.2, -0.15) is 0 Å². The van der Waals surface area contributed by atoms with E-state index in [0.717, 1.165) is 5.56 Å². The fourth-order valence-corrected chi connectivity index (χ4v) is 2.54. The van der Waals surface area contributed by atoms with Gasteiger partial charge in [0.2, 0.25) is 11.2 Å². The van der Waals surface area contributed by atoms with E-state index in [-0.39, 0.29) is 17.8 Å². The van der Waals surface area contributed by atoms with Gasteiger partial charge < -0.3 is 19.0 Å². The number of hydrogen-bond donors (Lipinski definition) is 1. The Hall–Kier alpha value is -2.79. The van der Waals surface area contributed by atoms with E-state index in [9.17, 15) is 9.90 Å². The third kappa shape index (κ3) is 2.55. The SMILES string of the molecule is COc1c(-c2ccccc2)oc2cc(CO)cc(OC)c2c1=O. The van der Waals surface area contributed by atoms with Crippen molar-refractivity contribution in [2.45, 2.75) is 6.61 Å². The van der Waals surface area contributed by atoms with Crippen molar-refractivity contribution in [2.75, 3.05) is 14.2 Å². The van der Waals surface area contributed by atoms with Gasteiger partial charge in [0.1, 0.15) is 16.7 Å². The summed E-state index contributed by atoms with van der Waals surface area (Å²) < 4.78 is 16.5. The molecule has 0 aliphatic rings. The first kappa shape index (κ1) is 15.1. The Kier molecular flexibility index (Phi) is 4.04. The van der Waals surface area contributed by atoms with Crippen molar-refractivity contribution in [1.29, 1.82) is 0 Å². The van der Waals surface area contributed by atoms with Crippen LogP contribution in [0.15, 0.2) is 51.7 Å². The molecule has 2 aromatic carbocycles. The van der Waals surface area contributed by atoms with Gasteiger partial charge >= 0.3 is 0 Å². The van der Waals surface area contributed by atoms with Crippen LogP contribution in [0.5, 0.6) is 11.5 Å². The van der Waals surface area contributed by atoms with Gasteiger partial charge in [0, 0.05) is 5.56 Å². The van der Waals surface area contributed by atoms with Crippen LogP contribution in [0.2, 0.25) is 0 Å². The number of fused-ring (bicyclic) bond motifs is 1. The van der Waals surface area contributed by atoms with Crippen molar-refractivity contribution in [3.8, 4) is 22.8 Å². The summed E-state index contributed by atoms with van der Waals surface area (Å²) in [6.45, 7) is -0.178. The second-order valence-electron chi connectivity index (χ2n) is 4.99. The number of aliphatic hydroxyl groups is 1. The summed E-state index contributed by atoms with van der Waals surface area (Å²) >= 11 is 0. The molecule has 0 aliphatic heterocycles. The van der Waals surface area contributed by atoms with Crippen molar-refractivity contribution in [1.82, 2.24) is 0 Å². The van der Waals surface area contributed by atoms with Gasteiger partial charge in [0.05, 0.1) is 20.8 Å². The minimum atomic E-state index is -0.311. The van der Waals surface area contributed by atoms with Gasteiger partial charge in [0.15, 0.2) is 5.76 Å². The van der Waals surface area contributed by atoms with Crippen LogP contribution in [0.3, 0.4) is 0 Å². The topological polar surface area (TPSA) is 68.9 Å². The maximum atomic E-state index is 12.8. The molecule has 0 unspecified atom stereocenters. The van der Waals surface area contributed by atoms with Crippen molar-refractivity contribution in [3.05, 3.63) is 58.3 Å². The lowest BCUT2D eigenvalue weighted by molar-refractivity contribution is 0.281. The Morgan fingerprint density at radius 3 is 2.43 bits per heavy atom. The molecule has 0 fully saturated rings. The molecule has 1 N–H and O–H groups in total. The molecule has 0 atom stereocenters. The fourth-order valence-electron chi connectivity index (χ4n) is 2.54. The number of benzene rings is 2. The van der Waals surface area contributed by atoms with Gasteiger partial charge in [0.25, 0.3) is 0 Å². The normalized spacial score (nSPS) is 10.7. The fraction of sp³-hybridized carbons (Fsp3) is 0.167. The molecule has 3 aromatic rings. The molecule has 0 amide bonds. The quantitative estimate of drug-likeness (QED) is 0.802. The van der Waals surface area contributed by atoms with Crippen LogP contribution in [-0.4, -0.2) is 19.3 Å². The standard InChI is InChI=1S/C18H16O5/c1-21-13-8-11(10-19)9-14-15(13)16(20)18(22-2)17(23-14)12-6-4-3-5-7-12/h3-9,19H,10H2,1-2H3. The number of ether oxygens (including phenoxy) is 2. The molecule has 118 valence electrons. The van der Waals surface area contributed by atoms with E-state index in [1.165, 1.54) is 14.2 Å². The third-order valence-corrected chi connectivity index (χ3v) is 3.62. The van der Waals surface area contributed by atoms with Crippen molar-refractivity contribution >= 4 is 11.0 Å². The van der Waals surface area contributed by atoms with E-state index < -0.39 is 0 Å². The Morgan fingerprint density at radius 1 is 1.09 bits per heavy atom. The van der Waals surface area contributed by atoms with E-state index in [1.54, 1.807) is 12.1 Å². The molecular formula is C18H16O5. The summed E-state index contributed by atoms with van der Waals surface area (Å²) in [6, 6.07) is 12.5. The van der Waals surface area contributed by atoms with Crippen molar-refractivity contribution in [3.63, 3.8) is 0 Å². The Morgan fingerprint density at radius 2 is 1.83 bits per heavy atom. The molecule has 0 saturated heterocycles. The van der Waals surface area contributed by atoms with Crippen LogP contribution in [0.4, 0.5) is 0 Å². The first-order valence-corrected chi connectivity index (χ1v) is 7.07. The van der Waals surface area contributed by atoms with Gasteiger partial charge in [-0.1, -0.05) is 30.3 Å². The smallest absolute Gasteiger partial charge is 0.239 e. The molecule has 5 heteroatoms. The molecule has 1 heterocycles. The van der Waals surface area contributed by atoms with Gasteiger partial charge in [-0.05, 0) is 17.7 Å². The van der Waals surface area contributed by atoms with E-state index in [2.05, 4.69) is 0 Å². The third-order valence-electron chi connectivity index (χ3n) is 3.62. The highest BCUT2D eigenvalue weighted by Crippen LogP contribution is 2.34. The summed E-state index contributed by atoms with van der Waals surface area (Å²) in [4.78, 5) is 12.8. The van der Waals surface area contributed by atoms with Gasteiger partial charge in [-0.15, -0.1) is 0 Å². The average Bonchev–Trinajstić information content (AvgIpc) is 2.61. The second kappa shape index (κ2) is 6.14. The van der Waals surface area contributed by atoms with Crippen LogP contribution in [0.25, 0.3) is 22.3 Å². The maximum Gasteiger partial charge on any atom is 0.239 e. The highest BCUT2D eigenvalue weighted by atomic mass is 16.5. The number of methoxy groups -OCH3 is 2. The van der Waals surface area contributed by atoms with Crippen LogP contribution in [-0.2, 0) is 6.61 Å². The summed E-state index contributed by atoms with van der Waals surface area (Å²) in [7, 11) is 2.89. The average molecular weight is 312 g/mol. The predicted molar refractivity (Wildman–Crippen MR) is 86.9 cm³/mol. The van der Waals surface area contributed by atoms with Crippen molar-refractivity contribution < 1.29 is 19.0 Å². The molecule has 0 bridgehead atoms. The maximum absolute atomic E-state index is 12.8. The van der Waals surface area contributed by atoms with Gasteiger partial charge in [-0.25, -0.2) is 0 Å². The number of aliphatic hydroxyl groups excluding tert-OH is 1. The van der Waals surface area contributed by atoms with Crippen LogP contribution < -0.4 is 14.9 Å². The minimum Gasteiger partial charge on any atom is -0.496 e. The molecule has 0 saturated carbocycles. The van der Waals surface area contributed by atoms with Gasteiger partial charge in [-0.3, -0.25) is 4.79 Å². The van der Waals surface area contributed by atoms with Crippen LogP contribution >= 0.6 is 0 Å². The van der Waals surface area contributed by atoms with E-state index in [4.69, 9.17) is 13.9 Å². The van der Waals surface area contributed by atoms with E-state index >= 15 is 0 Å². The summed E-state index contributed by atoms with van der Waals surface area (Å²) in [6.07, 6.45) is 0. The first-order valence-electron chi connectivity index (χ1n) is 7.07. The highest BCUT2D eigenvalue weighted by molar-refractivity contribution is 5.88. The Balaban J connectivity index is 2.41. The van der Waals surface area contributed by atoms with E-state index in [0.29, 0.717) is 28.0 Å². The zero-order valence-corrected chi connectivity index (χ0v) is 12.8. The zero-order valence-electron chi connectivity index (χ0n) is 12.8. The monoisotopic (exact) mass is 312 g/mol. The minimum absolute atomic E-state index is 0.124. The van der Waals surface area contributed by atoms with Crippen LogP contribution in [0, 0.1) is 0 Å². The Labute approximate surface area is 132 Å². The lowest BCUT2D eigenvalue weighted by atomic mass is 10.1. The molecule has 1 aromatic heterocycles. The zero-order chi connectivity index (χ0) is 16.4. The van der Waals surface area contributed by atoms with E-state index in [1.807, 2.05) is 30.3 Å². The largest absolute Gasteiger partial charge is 0.496 e. The highest BCUT2D eigenvalue weighted by Gasteiger charge is 2.20. The lowest BCUT2D eigenvalue weighted by Crippen LogP contribution is -2.09. The second-order valence-corrected chi connectivity index (χ2v) is 4.99. The summed E-state index contributed by atoms with van der Waals surface area (Å²) in [5, 5.41) is 9.67. The summed E-state index contributed by atoms with van der Waals surface area (Å²) in [5.74, 6) is 0.819. The molecule has 0 aliphatic carbocycles. The molecule has 0 spiro atoms. The Bertz CT molecular complexity index is 897. The molecule has 23 heavy (non-hydrogen) atoms. The molecular weight excluding hydrogens is 296 g/mol. The molecule has 0 radical (unpaired) electrons. The first-order chi connectivity index (χ1) is 11.2.